The van der Waals surface area contributed by atoms with Gasteiger partial charge in [0, 0.05) is 25.2 Å². The third-order valence-electron chi connectivity index (χ3n) is 4.73. The summed E-state index contributed by atoms with van der Waals surface area (Å²) in [4.78, 5) is 11.9. The Bertz CT molecular complexity index is 717. The van der Waals surface area contributed by atoms with Gasteiger partial charge in [-0.05, 0) is 49.9 Å². The van der Waals surface area contributed by atoms with Gasteiger partial charge < -0.3 is 10.1 Å². The number of nitrogens with one attached hydrogen (secondary N) is 1. The summed E-state index contributed by atoms with van der Waals surface area (Å²) in [5.41, 5.74) is 0.996. The Morgan fingerprint density at radius 1 is 1.26 bits per heavy atom. The molecule has 1 N–H and O–H groups in total. The molecule has 0 amide bonds. The number of rotatable bonds is 3. The first-order valence-corrected chi connectivity index (χ1v) is 9.31. The van der Waals surface area contributed by atoms with Crippen LogP contribution in [0.25, 0.3) is 0 Å². The number of sulfonamides is 1. The van der Waals surface area contributed by atoms with Gasteiger partial charge in [0.15, 0.2) is 0 Å². The highest BCUT2D eigenvalue weighted by Crippen LogP contribution is 2.26. The number of esters is 1. The van der Waals surface area contributed by atoms with Gasteiger partial charge in [0.2, 0.25) is 10.0 Å². The van der Waals surface area contributed by atoms with Gasteiger partial charge in [-0.1, -0.05) is 0 Å². The molecule has 2 aliphatic heterocycles. The molecular weight excluding hydrogens is 316 g/mol. The summed E-state index contributed by atoms with van der Waals surface area (Å²) >= 11 is 0. The van der Waals surface area contributed by atoms with E-state index in [-0.39, 0.29) is 10.9 Å². The van der Waals surface area contributed by atoms with Crippen LogP contribution in [0.3, 0.4) is 0 Å². The third kappa shape index (κ3) is 3.13. The zero-order chi connectivity index (χ0) is 16.6. The second kappa shape index (κ2) is 6.22. The zero-order valence-corrected chi connectivity index (χ0v) is 14.2. The normalized spacial score (nSPS) is 25.1. The van der Waals surface area contributed by atoms with Crippen molar-refractivity contribution in [2.45, 2.75) is 43.2 Å². The number of nitrogens with zero attached hydrogens (tertiary/aromatic N) is 1. The monoisotopic (exact) mass is 338 g/mol. The van der Waals surface area contributed by atoms with Gasteiger partial charge in [0.05, 0.1) is 17.6 Å². The summed E-state index contributed by atoms with van der Waals surface area (Å²) in [6, 6.07) is 5.25. The topological polar surface area (TPSA) is 75.7 Å². The number of benzene rings is 1. The first-order chi connectivity index (χ1) is 10.9. The van der Waals surface area contributed by atoms with Gasteiger partial charge in [-0.3, -0.25) is 0 Å². The van der Waals surface area contributed by atoms with Crippen LogP contribution >= 0.6 is 0 Å². The Balaban J connectivity index is 1.87. The molecule has 2 aliphatic rings. The van der Waals surface area contributed by atoms with E-state index in [1.165, 1.54) is 19.2 Å². The molecule has 0 saturated carbocycles. The average Bonchev–Trinajstić information content (AvgIpc) is 2.84. The van der Waals surface area contributed by atoms with Crippen molar-refractivity contribution >= 4 is 16.0 Å². The number of hydrogen-bond donors (Lipinski definition) is 1. The summed E-state index contributed by atoms with van der Waals surface area (Å²) in [6.07, 6.45) is 3.00. The third-order valence-corrected chi connectivity index (χ3v) is 6.59. The standard InChI is InChI=1S/C16H22N2O4S/c1-11-9-14(5-6-15(11)16(19)22-2)23(20,21)18-8-7-12-3-4-13(10-18)17-12/h5-6,9,12-13,17H,3-4,7-8,10H2,1-2H3. The second-order valence-electron chi connectivity index (χ2n) is 6.26. The molecule has 2 bridgehead atoms. The van der Waals surface area contributed by atoms with Crippen molar-refractivity contribution in [3.63, 3.8) is 0 Å². The van der Waals surface area contributed by atoms with Crippen molar-refractivity contribution in [1.82, 2.24) is 9.62 Å². The van der Waals surface area contributed by atoms with Crippen LogP contribution in [-0.4, -0.2) is 51.0 Å². The van der Waals surface area contributed by atoms with Crippen molar-refractivity contribution in [3.8, 4) is 0 Å². The van der Waals surface area contributed by atoms with Gasteiger partial charge >= 0.3 is 5.97 Å². The fourth-order valence-electron chi connectivity index (χ4n) is 3.41. The Morgan fingerprint density at radius 2 is 2.00 bits per heavy atom. The fourth-order valence-corrected chi connectivity index (χ4v) is 5.00. The fraction of sp³-hybridized carbons (Fsp3) is 0.562. The molecule has 126 valence electrons. The van der Waals surface area contributed by atoms with Crippen LogP contribution in [0.1, 0.15) is 35.2 Å². The van der Waals surface area contributed by atoms with Gasteiger partial charge in [-0.25, -0.2) is 13.2 Å². The van der Waals surface area contributed by atoms with E-state index in [9.17, 15) is 13.2 Å². The molecule has 0 aliphatic carbocycles. The zero-order valence-electron chi connectivity index (χ0n) is 13.4. The molecule has 7 heteroatoms. The van der Waals surface area contributed by atoms with Crippen molar-refractivity contribution in [2.24, 2.45) is 0 Å². The highest BCUT2D eigenvalue weighted by Gasteiger charge is 2.35. The molecule has 2 saturated heterocycles. The van der Waals surface area contributed by atoms with Crippen LogP contribution in [0.4, 0.5) is 0 Å². The number of carbonyl (C=O) groups is 1. The molecule has 2 atom stereocenters. The van der Waals surface area contributed by atoms with E-state index in [1.54, 1.807) is 17.3 Å². The van der Waals surface area contributed by atoms with E-state index >= 15 is 0 Å². The summed E-state index contributed by atoms with van der Waals surface area (Å²) < 4.78 is 32.1. The number of ether oxygens (including phenoxy) is 1. The second-order valence-corrected chi connectivity index (χ2v) is 8.20. The molecule has 23 heavy (non-hydrogen) atoms. The van der Waals surface area contributed by atoms with Crippen LogP contribution in [0.15, 0.2) is 23.1 Å². The minimum absolute atomic E-state index is 0.237. The van der Waals surface area contributed by atoms with Crippen molar-refractivity contribution < 1.29 is 17.9 Å². The van der Waals surface area contributed by atoms with Crippen molar-refractivity contribution in [3.05, 3.63) is 29.3 Å². The molecule has 2 fully saturated rings. The summed E-state index contributed by atoms with van der Waals surface area (Å²) in [5.74, 6) is -0.456. The van der Waals surface area contributed by atoms with Crippen LogP contribution in [-0.2, 0) is 14.8 Å². The van der Waals surface area contributed by atoms with Crippen LogP contribution < -0.4 is 5.32 Å². The Morgan fingerprint density at radius 3 is 2.70 bits per heavy atom. The largest absolute Gasteiger partial charge is 0.465 e. The van der Waals surface area contributed by atoms with E-state index < -0.39 is 16.0 Å². The number of aryl methyl sites for hydroxylation is 1. The lowest BCUT2D eigenvalue weighted by Gasteiger charge is -2.24. The molecule has 2 unspecified atom stereocenters. The highest BCUT2D eigenvalue weighted by molar-refractivity contribution is 7.89. The quantitative estimate of drug-likeness (QED) is 0.841. The first kappa shape index (κ1) is 16.4. The number of carbonyl (C=O) groups excluding carboxylic acids is 1. The maximum atomic E-state index is 12.9. The molecule has 0 spiro atoms. The maximum Gasteiger partial charge on any atom is 0.338 e. The van der Waals surface area contributed by atoms with Gasteiger partial charge in [0.1, 0.15) is 0 Å². The Kier molecular flexibility index (Phi) is 4.44. The maximum absolute atomic E-state index is 12.9. The lowest BCUT2D eigenvalue weighted by atomic mass is 10.1. The Labute approximate surface area is 136 Å². The lowest BCUT2D eigenvalue weighted by Crippen LogP contribution is -2.39. The van der Waals surface area contributed by atoms with Gasteiger partial charge in [-0.15, -0.1) is 0 Å². The molecular formula is C16H22N2O4S. The molecule has 1 aromatic rings. The summed E-state index contributed by atoms with van der Waals surface area (Å²) in [5, 5.41) is 3.48. The summed E-state index contributed by atoms with van der Waals surface area (Å²) in [6.45, 7) is 2.77. The molecule has 1 aromatic carbocycles. The SMILES string of the molecule is COC(=O)c1ccc(S(=O)(=O)N2CCC3CCC(C2)N3)cc1C. The lowest BCUT2D eigenvalue weighted by molar-refractivity contribution is 0.0600. The van der Waals surface area contributed by atoms with Gasteiger partial charge in [-0.2, -0.15) is 4.31 Å². The van der Waals surface area contributed by atoms with E-state index in [1.807, 2.05) is 0 Å². The first-order valence-electron chi connectivity index (χ1n) is 7.87. The van der Waals surface area contributed by atoms with Crippen LogP contribution in [0.2, 0.25) is 0 Å². The number of hydrogen-bond acceptors (Lipinski definition) is 5. The number of fused-ring (bicyclic) bond motifs is 2. The summed E-state index contributed by atoms with van der Waals surface area (Å²) in [7, 11) is -2.23. The van der Waals surface area contributed by atoms with E-state index in [2.05, 4.69) is 5.32 Å². The van der Waals surface area contributed by atoms with Crippen molar-refractivity contribution in [2.75, 3.05) is 20.2 Å². The average molecular weight is 338 g/mol. The minimum atomic E-state index is -3.54. The molecule has 6 nitrogen and oxygen atoms in total. The number of methoxy groups -OCH3 is 1. The van der Waals surface area contributed by atoms with E-state index in [0.29, 0.717) is 30.3 Å². The predicted octanol–water partition coefficient (Wildman–Crippen LogP) is 1.30. The van der Waals surface area contributed by atoms with E-state index in [4.69, 9.17) is 4.74 Å². The van der Waals surface area contributed by atoms with Crippen molar-refractivity contribution in [1.29, 1.82) is 0 Å². The van der Waals surface area contributed by atoms with Crippen LogP contribution in [0, 0.1) is 6.92 Å². The predicted molar refractivity (Wildman–Crippen MR) is 85.8 cm³/mol. The molecule has 0 radical (unpaired) electrons. The van der Waals surface area contributed by atoms with Crippen LogP contribution in [0.5, 0.6) is 0 Å². The molecule has 0 aromatic heterocycles. The molecule has 2 heterocycles. The van der Waals surface area contributed by atoms with Gasteiger partial charge in [0.25, 0.3) is 0 Å². The minimum Gasteiger partial charge on any atom is -0.465 e. The van der Waals surface area contributed by atoms with E-state index in [0.717, 1.165) is 19.3 Å². The smallest absolute Gasteiger partial charge is 0.338 e. The highest BCUT2D eigenvalue weighted by atomic mass is 32.2. The Hall–Kier alpha value is -1.44. The molecule has 3 rings (SSSR count).